The first-order valence-electron chi connectivity index (χ1n) is 7.12. The molecule has 3 rings (SSSR count). The zero-order valence-electron chi connectivity index (χ0n) is 13.1. The Kier molecular flexibility index (Phi) is 4.84. The van der Waals surface area contributed by atoms with Crippen LogP contribution >= 0.6 is 22.6 Å². The number of ether oxygens (including phenoxy) is 3. The fourth-order valence-electron chi connectivity index (χ4n) is 2.24. The highest BCUT2D eigenvalue weighted by Crippen LogP contribution is 2.28. The molecule has 2 aromatic carbocycles. The number of carbonyl (C=O) groups is 1. The predicted molar refractivity (Wildman–Crippen MR) is 99.3 cm³/mol. The van der Waals surface area contributed by atoms with Crippen molar-refractivity contribution < 1.29 is 19.0 Å². The Morgan fingerprint density at radius 2 is 1.92 bits per heavy atom. The largest absolute Gasteiger partial charge is 0.497 e. The number of hydrogen-bond donors (Lipinski definition) is 0. The number of halogens is 1. The quantitative estimate of drug-likeness (QED) is 0.418. The van der Waals surface area contributed by atoms with Gasteiger partial charge in [0.05, 0.1) is 19.8 Å². The maximum absolute atomic E-state index is 12.1. The molecule has 0 fully saturated rings. The molecular formula is C18H14INO4. The molecule has 122 valence electrons. The Morgan fingerprint density at radius 1 is 1.12 bits per heavy atom. The molecule has 1 aliphatic heterocycles. The van der Waals surface area contributed by atoms with Crippen molar-refractivity contribution in [1.29, 1.82) is 0 Å². The van der Waals surface area contributed by atoms with Crippen molar-refractivity contribution in [2.45, 2.75) is 0 Å². The van der Waals surface area contributed by atoms with Crippen LogP contribution in [-0.2, 0) is 9.53 Å². The second-order valence-electron chi connectivity index (χ2n) is 4.92. The van der Waals surface area contributed by atoms with Gasteiger partial charge in [0, 0.05) is 15.2 Å². The first-order chi connectivity index (χ1) is 11.6. The van der Waals surface area contributed by atoms with Crippen LogP contribution in [0.15, 0.2) is 53.2 Å². The second-order valence-corrected chi connectivity index (χ2v) is 6.09. The summed E-state index contributed by atoms with van der Waals surface area (Å²) in [5.41, 5.74) is 1.74. The summed E-state index contributed by atoms with van der Waals surface area (Å²) in [6.07, 6.45) is 1.64. The number of esters is 1. The molecule has 0 saturated carbocycles. The lowest BCUT2D eigenvalue weighted by Gasteiger charge is -2.07. The van der Waals surface area contributed by atoms with E-state index in [1.54, 1.807) is 38.5 Å². The van der Waals surface area contributed by atoms with Gasteiger partial charge < -0.3 is 14.2 Å². The van der Waals surface area contributed by atoms with E-state index in [0.29, 0.717) is 17.4 Å². The van der Waals surface area contributed by atoms with Crippen LogP contribution in [0.4, 0.5) is 0 Å². The molecule has 0 radical (unpaired) electrons. The number of hydrogen-bond acceptors (Lipinski definition) is 5. The minimum Gasteiger partial charge on any atom is -0.497 e. The van der Waals surface area contributed by atoms with Gasteiger partial charge in [-0.1, -0.05) is 12.1 Å². The summed E-state index contributed by atoms with van der Waals surface area (Å²) in [5.74, 6) is 1.09. The summed E-state index contributed by atoms with van der Waals surface area (Å²) >= 11 is 2.18. The first-order valence-corrected chi connectivity index (χ1v) is 8.19. The molecule has 1 aliphatic rings. The van der Waals surface area contributed by atoms with Gasteiger partial charge in [-0.25, -0.2) is 9.79 Å². The van der Waals surface area contributed by atoms with E-state index in [1.165, 1.54) is 0 Å². The molecule has 1 heterocycles. The first kappa shape index (κ1) is 16.5. The SMILES string of the molecule is COc1ccc(C=C2N=C(c3ccccc3I)OC2=O)c(OC)c1. The van der Waals surface area contributed by atoms with Gasteiger partial charge in [-0.2, -0.15) is 0 Å². The van der Waals surface area contributed by atoms with E-state index in [4.69, 9.17) is 14.2 Å². The molecule has 0 N–H and O–H groups in total. The summed E-state index contributed by atoms with van der Waals surface area (Å²) in [7, 11) is 3.14. The number of benzene rings is 2. The molecular weight excluding hydrogens is 421 g/mol. The van der Waals surface area contributed by atoms with Gasteiger partial charge in [0.1, 0.15) is 11.5 Å². The molecule has 0 saturated heterocycles. The summed E-state index contributed by atoms with van der Waals surface area (Å²) in [6.45, 7) is 0. The minimum absolute atomic E-state index is 0.230. The van der Waals surface area contributed by atoms with Gasteiger partial charge in [-0.3, -0.25) is 0 Å². The van der Waals surface area contributed by atoms with Crippen molar-refractivity contribution in [2.24, 2.45) is 4.99 Å². The lowest BCUT2D eigenvalue weighted by molar-refractivity contribution is -0.129. The van der Waals surface area contributed by atoms with Gasteiger partial charge in [0.25, 0.3) is 0 Å². The van der Waals surface area contributed by atoms with Crippen LogP contribution < -0.4 is 9.47 Å². The van der Waals surface area contributed by atoms with E-state index in [0.717, 1.165) is 14.7 Å². The zero-order valence-corrected chi connectivity index (χ0v) is 15.2. The third kappa shape index (κ3) is 3.28. The number of aliphatic imine (C=N–C) groups is 1. The van der Waals surface area contributed by atoms with Crippen molar-refractivity contribution in [3.05, 3.63) is 62.9 Å². The van der Waals surface area contributed by atoms with Crippen LogP contribution in [0.5, 0.6) is 11.5 Å². The Morgan fingerprint density at radius 3 is 2.62 bits per heavy atom. The highest BCUT2D eigenvalue weighted by atomic mass is 127. The fourth-order valence-corrected chi connectivity index (χ4v) is 2.86. The summed E-state index contributed by atoms with van der Waals surface area (Å²) < 4.78 is 16.8. The van der Waals surface area contributed by atoms with Crippen molar-refractivity contribution in [2.75, 3.05) is 14.2 Å². The second kappa shape index (κ2) is 7.04. The third-order valence-corrected chi connectivity index (χ3v) is 4.40. The van der Waals surface area contributed by atoms with Gasteiger partial charge in [0.15, 0.2) is 5.70 Å². The molecule has 0 bridgehead atoms. The van der Waals surface area contributed by atoms with Crippen molar-refractivity contribution in [3.63, 3.8) is 0 Å². The average Bonchev–Trinajstić information content (AvgIpc) is 2.96. The molecule has 0 spiro atoms. The smallest absolute Gasteiger partial charge is 0.363 e. The summed E-state index contributed by atoms with van der Waals surface area (Å²) in [5, 5.41) is 0. The maximum atomic E-state index is 12.1. The van der Waals surface area contributed by atoms with Crippen molar-refractivity contribution >= 4 is 40.5 Å². The number of cyclic esters (lactones) is 1. The van der Waals surface area contributed by atoms with Crippen molar-refractivity contribution in [3.8, 4) is 11.5 Å². The Labute approximate surface area is 153 Å². The average molecular weight is 435 g/mol. The summed E-state index contributed by atoms with van der Waals surface area (Å²) in [4.78, 5) is 16.5. The van der Waals surface area contributed by atoms with Crippen LogP contribution in [0.3, 0.4) is 0 Å². The maximum Gasteiger partial charge on any atom is 0.363 e. The highest BCUT2D eigenvalue weighted by molar-refractivity contribution is 14.1. The summed E-state index contributed by atoms with van der Waals surface area (Å²) in [6, 6.07) is 12.9. The molecule has 24 heavy (non-hydrogen) atoms. The Balaban J connectivity index is 1.99. The lowest BCUT2D eigenvalue weighted by atomic mass is 10.1. The molecule has 6 heteroatoms. The van der Waals surface area contributed by atoms with E-state index in [9.17, 15) is 4.79 Å². The van der Waals surface area contributed by atoms with E-state index in [2.05, 4.69) is 27.6 Å². The van der Waals surface area contributed by atoms with Gasteiger partial charge in [-0.05, 0) is 52.9 Å². The number of rotatable bonds is 4. The minimum atomic E-state index is -0.484. The number of methoxy groups -OCH3 is 2. The fraction of sp³-hybridized carbons (Fsp3) is 0.111. The van der Waals surface area contributed by atoms with E-state index >= 15 is 0 Å². The molecule has 0 aromatic heterocycles. The molecule has 2 aromatic rings. The van der Waals surface area contributed by atoms with Crippen LogP contribution in [0, 0.1) is 3.57 Å². The zero-order chi connectivity index (χ0) is 17.1. The molecule has 0 atom stereocenters. The van der Waals surface area contributed by atoms with Crippen LogP contribution in [0.25, 0.3) is 6.08 Å². The standard InChI is InChI=1S/C18H14INO4/c1-22-12-8-7-11(16(10-12)23-2)9-15-18(21)24-17(20-15)13-5-3-4-6-14(13)19/h3-10H,1-2H3. The van der Waals surface area contributed by atoms with Gasteiger partial charge in [-0.15, -0.1) is 0 Å². The van der Waals surface area contributed by atoms with Crippen LogP contribution in [0.2, 0.25) is 0 Å². The topological polar surface area (TPSA) is 57.1 Å². The van der Waals surface area contributed by atoms with E-state index in [1.807, 2.05) is 24.3 Å². The Hall–Kier alpha value is -2.35. The van der Waals surface area contributed by atoms with E-state index < -0.39 is 5.97 Å². The molecule has 0 aliphatic carbocycles. The predicted octanol–water partition coefficient (Wildman–Crippen LogP) is 3.65. The normalized spacial score (nSPS) is 15.2. The number of nitrogens with zero attached hydrogens (tertiary/aromatic N) is 1. The lowest BCUT2D eigenvalue weighted by Crippen LogP contribution is -2.06. The Bertz CT molecular complexity index is 858. The van der Waals surface area contributed by atoms with Crippen molar-refractivity contribution in [1.82, 2.24) is 0 Å². The van der Waals surface area contributed by atoms with Gasteiger partial charge >= 0.3 is 5.97 Å². The number of carbonyl (C=O) groups excluding carboxylic acids is 1. The van der Waals surface area contributed by atoms with Gasteiger partial charge in [0.2, 0.25) is 5.90 Å². The van der Waals surface area contributed by atoms with Crippen LogP contribution in [0.1, 0.15) is 11.1 Å². The molecule has 0 amide bonds. The molecule has 5 nitrogen and oxygen atoms in total. The van der Waals surface area contributed by atoms with E-state index in [-0.39, 0.29) is 5.70 Å². The monoisotopic (exact) mass is 435 g/mol. The molecule has 0 unspecified atom stereocenters. The highest BCUT2D eigenvalue weighted by Gasteiger charge is 2.25. The third-order valence-electron chi connectivity index (χ3n) is 3.46. The van der Waals surface area contributed by atoms with Crippen LogP contribution in [-0.4, -0.2) is 26.1 Å².